The fraction of sp³-hybridized carbons (Fsp3) is 0.359. The zero-order valence-electron chi connectivity index (χ0n) is 30.4. The molecule has 0 bridgehead atoms. The highest BCUT2D eigenvalue weighted by atomic mass is 35.5. The zero-order chi connectivity index (χ0) is 39.5. The molecule has 1 aliphatic heterocycles. The SMILES string of the molecule is CC(C)(C)OC(=O)NCc1ccnc(C2(NC(=O)C3(NC(=O)c4cnc5n4C(C)(Cc4ccc(C#N)cc4)C(=O)N5c4cc(Cl)c(F)c(Cl)c4)CC3)CC2)c1. The molecule has 1 unspecified atom stereocenters. The lowest BCUT2D eigenvalue weighted by atomic mass is 9.91. The highest BCUT2D eigenvalue weighted by Gasteiger charge is 2.57. The Hall–Kier alpha value is -5.52. The summed E-state index contributed by atoms with van der Waals surface area (Å²) in [6, 6.07) is 14.9. The van der Waals surface area contributed by atoms with Crippen molar-refractivity contribution in [1.29, 1.82) is 5.26 Å². The summed E-state index contributed by atoms with van der Waals surface area (Å²) in [5.74, 6) is -2.25. The van der Waals surface area contributed by atoms with Crippen molar-refractivity contribution in [2.24, 2.45) is 0 Å². The van der Waals surface area contributed by atoms with Gasteiger partial charge in [-0.3, -0.25) is 23.9 Å². The summed E-state index contributed by atoms with van der Waals surface area (Å²) in [5, 5.41) is 17.5. The minimum Gasteiger partial charge on any atom is -0.444 e. The van der Waals surface area contributed by atoms with E-state index in [4.69, 9.17) is 27.9 Å². The zero-order valence-corrected chi connectivity index (χ0v) is 31.9. The Bertz CT molecular complexity index is 2270. The lowest BCUT2D eigenvalue weighted by Crippen LogP contribution is -2.52. The van der Waals surface area contributed by atoms with E-state index in [1.54, 1.807) is 64.2 Å². The minimum absolute atomic E-state index is 0.0216. The number of aromatic nitrogens is 3. The molecule has 2 aromatic carbocycles. The monoisotopic (exact) mass is 786 g/mol. The van der Waals surface area contributed by atoms with Gasteiger partial charge >= 0.3 is 6.09 Å². The van der Waals surface area contributed by atoms with E-state index in [9.17, 15) is 28.8 Å². The smallest absolute Gasteiger partial charge is 0.407 e. The van der Waals surface area contributed by atoms with Gasteiger partial charge in [0.1, 0.15) is 22.4 Å². The second-order valence-electron chi connectivity index (χ2n) is 15.4. The van der Waals surface area contributed by atoms with Gasteiger partial charge in [-0.1, -0.05) is 35.3 Å². The van der Waals surface area contributed by atoms with Crippen LogP contribution in [0.5, 0.6) is 0 Å². The van der Waals surface area contributed by atoms with Gasteiger partial charge in [-0.05, 0) is 101 Å². The number of alkyl carbamates (subject to hydrolysis) is 1. The fourth-order valence-corrected chi connectivity index (χ4v) is 7.26. The second kappa shape index (κ2) is 13.6. The molecule has 3 heterocycles. The number of carbonyl (C=O) groups is 4. The Balaban J connectivity index is 1.13. The van der Waals surface area contributed by atoms with Crippen LogP contribution in [0.25, 0.3) is 0 Å². The molecule has 2 aliphatic carbocycles. The molecule has 16 heteroatoms. The Labute approximate surface area is 326 Å². The third-order valence-corrected chi connectivity index (χ3v) is 10.5. The summed E-state index contributed by atoms with van der Waals surface area (Å²) in [4.78, 5) is 65.0. The first-order valence-electron chi connectivity index (χ1n) is 17.6. The summed E-state index contributed by atoms with van der Waals surface area (Å²) >= 11 is 12.3. The normalized spacial score (nSPS) is 18.9. The van der Waals surface area contributed by atoms with Gasteiger partial charge in [0, 0.05) is 19.2 Å². The number of pyridine rings is 1. The van der Waals surface area contributed by atoms with E-state index in [-0.39, 0.29) is 46.2 Å². The van der Waals surface area contributed by atoms with Crippen LogP contribution in [0.2, 0.25) is 10.0 Å². The minimum atomic E-state index is -1.44. The number of benzene rings is 2. The molecule has 4 amide bonds. The topological polar surface area (TPSA) is 171 Å². The van der Waals surface area contributed by atoms with Crippen molar-refractivity contribution < 1.29 is 28.3 Å². The number of hydrogen-bond donors (Lipinski definition) is 3. The van der Waals surface area contributed by atoms with E-state index in [0.717, 1.165) is 5.56 Å². The van der Waals surface area contributed by atoms with E-state index in [2.05, 4.69) is 32.0 Å². The average Bonchev–Trinajstić information content (AvgIpc) is 4.04. The molecule has 1 atom stereocenters. The van der Waals surface area contributed by atoms with E-state index < -0.39 is 45.9 Å². The number of anilines is 2. The van der Waals surface area contributed by atoms with Gasteiger partial charge in [0.2, 0.25) is 11.9 Å². The third kappa shape index (κ3) is 7.22. The second-order valence-corrected chi connectivity index (χ2v) is 16.2. The summed E-state index contributed by atoms with van der Waals surface area (Å²) < 4.78 is 21.3. The van der Waals surface area contributed by atoms with Crippen molar-refractivity contribution in [3.8, 4) is 6.07 Å². The predicted molar refractivity (Wildman–Crippen MR) is 200 cm³/mol. The molecule has 2 fully saturated rings. The molecule has 7 rings (SSSR count). The van der Waals surface area contributed by atoms with Gasteiger partial charge in [0.05, 0.1) is 44.8 Å². The van der Waals surface area contributed by atoms with Crippen LogP contribution in [-0.4, -0.2) is 49.5 Å². The first-order chi connectivity index (χ1) is 26.0. The van der Waals surface area contributed by atoms with Gasteiger partial charge in [-0.15, -0.1) is 0 Å². The molecule has 0 spiro atoms. The van der Waals surface area contributed by atoms with Crippen LogP contribution >= 0.6 is 23.2 Å². The van der Waals surface area contributed by atoms with Crippen molar-refractivity contribution in [1.82, 2.24) is 30.5 Å². The van der Waals surface area contributed by atoms with Crippen LogP contribution in [0.1, 0.15) is 86.3 Å². The van der Waals surface area contributed by atoms with Gasteiger partial charge < -0.3 is 20.7 Å². The number of carbonyl (C=O) groups excluding carboxylic acids is 4. The molecule has 0 radical (unpaired) electrons. The number of hydrogen-bond acceptors (Lipinski definition) is 8. The molecule has 3 aliphatic rings. The average molecular weight is 788 g/mol. The van der Waals surface area contributed by atoms with Crippen LogP contribution < -0.4 is 20.9 Å². The predicted octanol–water partition coefficient (Wildman–Crippen LogP) is 6.32. The highest BCUT2D eigenvalue weighted by molar-refractivity contribution is 6.35. The largest absolute Gasteiger partial charge is 0.444 e. The van der Waals surface area contributed by atoms with Gasteiger partial charge in [0.25, 0.3) is 11.8 Å². The van der Waals surface area contributed by atoms with Crippen molar-refractivity contribution >= 4 is 58.7 Å². The molecule has 13 nitrogen and oxygen atoms in total. The number of nitrogens with zero attached hydrogens (tertiary/aromatic N) is 5. The molecule has 55 heavy (non-hydrogen) atoms. The van der Waals surface area contributed by atoms with Crippen molar-refractivity contribution in [3.05, 3.63) is 105 Å². The molecular formula is C39H37Cl2FN8O5. The van der Waals surface area contributed by atoms with Gasteiger partial charge in [0.15, 0.2) is 5.82 Å². The van der Waals surface area contributed by atoms with E-state index in [0.29, 0.717) is 42.5 Å². The summed E-state index contributed by atoms with van der Waals surface area (Å²) in [6.45, 7) is 7.20. The Morgan fingerprint density at radius 3 is 2.25 bits per heavy atom. The summed E-state index contributed by atoms with van der Waals surface area (Å²) in [7, 11) is 0. The summed E-state index contributed by atoms with van der Waals surface area (Å²) in [5.41, 5.74) is -1.31. The lowest BCUT2D eigenvalue weighted by molar-refractivity contribution is -0.125. The molecule has 4 aromatic rings. The number of halogens is 3. The molecule has 284 valence electrons. The quantitative estimate of drug-likeness (QED) is 0.157. The molecule has 3 N–H and O–H groups in total. The first kappa shape index (κ1) is 37.8. The van der Waals surface area contributed by atoms with E-state index in [1.165, 1.54) is 27.8 Å². The molecule has 0 saturated heterocycles. The number of fused-ring (bicyclic) bond motifs is 1. The fourth-order valence-electron chi connectivity index (χ4n) is 6.78. The van der Waals surface area contributed by atoms with Crippen LogP contribution in [-0.2, 0) is 38.4 Å². The number of nitriles is 1. The molecule has 2 aromatic heterocycles. The highest BCUT2D eigenvalue weighted by Crippen LogP contribution is 2.48. The van der Waals surface area contributed by atoms with Crippen LogP contribution in [0.15, 0.2) is 60.9 Å². The third-order valence-electron chi connectivity index (χ3n) is 9.98. The van der Waals surface area contributed by atoms with Gasteiger partial charge in [-0.25, -0.2) is 19.1 Å². The number of imidazole rings is 1. The number of nitrogens with one attached hydrogen (secondary N) is 3. The lowest BCUT2D eigenvalue weighted by Gasteiger charge is -2.27. The maximum atomic E-state index is 14.4. The number of rotatable bonds is 10. The van der Waals surface area contributed by atoms with Gasteiger partial charge in [-0.2, -0.15) is 5.26 Å². The summed E-state index contributed by atoms with van der Waals surface area (Å²) in [6.07, 6.45) is 4.53. The number of ether oxygens (including phenoxy) is 1. The molecule has 2 saturated carbocycles. The Kier molecular flexibility index (Phi) is 9.38. The Morgan fingerprint density at radius 1 is 0.982 bits per heavy atom. The van der Waals surface area contributed by atoms with Crippen LogP contribution in [0, 0.1) is 17.1 Å². The van der Waals surface area contributed by atoms with E-state index in [1.807, 2.05) is 6.07 Å². The van der Waals surface area contributed by atoms with Crippen LogP contribution in [0.4, 0.5) is 20.8 Å². The number of amides is 4. The molecular weight excluding hydrogens is 750 g/mol. The van der Waals surface area contributed by atoms with E-state index >= 15 is 0 Å². The standard InChI is InChI=1S/C39H37Cl2FN8O5/c1-36(2,3)55-35(54)46-20-24-9-14-44-29(15-24)38(10-11-38)48-32(52)39(12-13-39)47-31(51)28-21-45-34-49(25-16-26(40)30(42)27(41)17-25)33(53)37(4,50(28)34)18-22-5-7-23(19-43)8-6-22/h5-9,14-17,21H,10-13,18,20H2,1-4H3,(H,46,54)(H,47,51)(H,48,52). The maximum Gasteiger partial charge on any atom is 0.407 e. The van der Waals surface area contributed by atoms with Crippen molar-refractivity contribution in [2.45, 2.75) is 88.6 Å². The maximum absolute atomic E-state index is 14.4. The van der Waals surface area contributed by atoms with Crippen molar-refractivity contribution in [3.63, 3.8) is 0 Å². The van der Waals surface area contributed by atoms with Crippen molar-refractivity contribution in [2.75, 3.05) is 4.90 Å². The van der Waals surface area contributed by atoms with Crippen LogP contribution in [0.3, 0.4) is 0 Å². The first-order valence-corrected chi connectivity index (χ1v) is 18.4. The Morgan fingerprint density at radius 2 is 1.65 bits per heavy atom.